The topological polar surface area (TPSA) is 113 Å². The summed E-state index contributed by atoms with van der Waals surface area (Å²) in [5.74, 6) is -0.0355. The van der Waals surface area contributed by atoms with Crippen molar-refractivity contribution >= 4 is 54.7 Å². The third-order valence-electron chi connectivity index (χ3n) is 12.4. The number of phenols is 1. The van der Waals surface area contributed by atoms with Crippen molar-refractivity contribution in [1.82, 2.24) is 5.32 Å². The number of amides is 1. The summed E-state index contributed by atoms with van der Waals surface area (Å²) in [6.07, 6.45) is 19.6. The number of rotatable bonds is 18. The van der Waals surface area contributed by atoms with Crippen molar-refractivity contribution in [2.45, 2.75) is 83.5 Å². The lowest BCUT2D eigenvalue weighted by molar-refractivity contribution is -0.438. The van der Waals surface area contributed by atoms with E-state index in [0.717, 1.165) is 49.2 Å². The number of anilines is 1. The summed E-state index contributed by atoms with van der Waals surface area (Å²) in [7, 11) is -4.26. The molecule has 0 atom stereocenters. The minimum atomic E-state index is -4.26. The molecule has 8 nitrogen and oxygen atoms in total. The zero-order valence-corrected chi connectivity index (χ0v) is 37.3. The standard InChI is InChI=1S/C53H59N3O5S/c1-52(2)47(55(45-32-28-40-19-12-14-21-43(40)50(45)52)36-16-8-11-25-49(58)54-35-34-39-26-30-42(57)31-27-39)23-9-6-5-7-10-24-48-53(3,4)51-44-22-15-13-20-41(44)29-33-46(51)56(48)37-17-18-38-62(59,60)61/h5-7,9-10,12-15,19-24,26-33H,8,11,16-18,25,34-38H2,1-4H3,(H2-,54,57,58,59,60,61). The van der Waals surface area contributed by atoms with Crippen LogP contribution in [-0.2, 0) is 32.2 Å². The van der Waals surface area contributed by atoms with E-state index in [-0.39, 0.29) is 28.2 Å². The van der Waals surface area contributed by atoms with Crippen LogP contribution in [0.4, 0.5) is 11.4 Å². The Morgan fingerprint density at radius 2 is 1.40 bits per heavy atom. The predicted octanol–water partition coefficient (Wildman–Crippen LogP) is 10.7. The summed E-state index contributed by atoms with van der Waals surface area (Å²) < 4.78 is 36.5. The highest BCUT2D eigenvalue weighted by molar-refractivity contribution is 7.85. The fraction of sp³-hybridized carbons (Fsp3) is 0.321. The Balaban J connectivity index is 1.04. The fourth-order valence-corrected chi connectivity index (χ4v) is 9.97. The van der Waals surface area contributed by atoms with E-state index in [2.05, 4.69) is 146 Å². The van der Waals surface area contributed by atoms with Gasteiger partial charge in [-0.05, 0) is 109 Å². The molecule has 0 radical (unpaired) electrons. The number of nitrogens with zero attached hydrogens (tertiary/aromatic N) is 2. The lowest BCUT2D eigenvalue weighted by atomic mass is 9.79. The number of hydrogen-bond acceptors (Lipinski definition) is 6. The van der Waals surface area contributed by atoms with Gasteiger partial charge in [0.1, 0.15) is 12.3 Å². The average Bonchev–Trinajstić information content (AvgIpc) is 3.60. The van der Waals surface area contributed by atoms with Crippen molar-refractivity contribution in [3.63, 3.8) is 0 Å². The molecule has 0 spiro atoms. The number of fused-ring (bicyclic) bond motifs is 6. The molecule has 0 aliphatic carbocycles. The minimum Gasteiger partial charge on any atom is -0.748 e. The number of benzene rings is 5. The Hall–Kier alpha value is -5.77. The van der Waals surface area contributed by atoms with Gasteiger partial charge in [0, 0.05) is 66.2 Å². The first-order valence-corrected chi connectivity index (χ1v) is 23.5. The Kier molecular flexibility index (Phi) is 13.6. The van der Waals surface area contributed by atoms with Gasteiger partial charge in [0.25, 0.3) is 0 Å². The van der Waals surface area contributed by atoms with Gasteiger partial charge in [-0.3, -0.25) is 4.79 Å². The maximum absolute atomic E-state index is 12.6. The maximum atomic E-state index is 12.6. The van der Waals surface area contributed by atoms with Crippen LogP contribution in [0, 0.1) is 0 Å². The van der Waals surface area contributed by atoms with Gasteiger partial charge in [-0.1, -0.05) is 111 Å². The Morgan fingerprint density at radius 3 is 2.13 bits per heavy atom. The SMILES string of the molecule is CC1(C)C(/C=C/C=C/C=C/C=C2/N(CCCCS(=O)(=O)[O-])c3ccc4ccccc4c3C2(C)C)=[N+](CCCCCC(=O)NCCc2ccc(O)cc2)c2ccc3ccccc3c21. The average molecular weight is 850 g/mol. The minimum absolute atomic E-state index is 0.0739. The van der Waals surface area contributed by atoms with Crippen molar-refractivity contribution in [3.8, 4) is 5.75 Å². The molecule has 0 aromatic heterocycles. The second-order valence-electron chi connectivity index (χ2n) is 17.5. The van der Waals surface area contributed by atoms with E-state index < -0.39 is 10.1 Å². The highest BCUT2D eigenvalue weighted by atomic mass is 32.2. The van der Waals surface area contributed by atoms with Gasteiger partial charge in [0.05, 0.1) is 15.5 Å². The van der Waals surface area contributed by atoms with Crippen LogP contribution in [0.2, 0.25) is 0 Å². The molecule has 2 N–H and O–H groups in total. The smallest absolute Gasteiger partial charge is 0.220 e. The highest BCUT2D eigenvalue weighted by Crippen LogP contribution is 2.51. The van der Waals surface area contributed by atoms with Crippen molar-refractivity contribution in [2.24, 2.45) is 0 Å². The summed E-state index contributed by atoms with van der Waals surface area (Å²) >= 11 is 0. The summed E-state index contributed by atoms with van der Waals surface area (Å²) in [4.78, 5) is 14.9. The van der Waals surface area contributed by atoms with Crippen LogP contribution in [0.1, 0.15) is 82.9 Å². The van der Waals surface area contributed by atoms with Crippen molar-refractivity contribution in [1.29, 1.82) is 0 Å². The monoisotopic (exact) mass is 849 g/mol. The first kappa shape index (κ1) is 44.3. The second kappa shape index (κ2) is 19.1. The van der Waals surface area contributed by atoms with E-state index in [1.165, 1.54) is 44.1 Å². The summed E-state index contributed by atoms with van der Waals surface area (Å²) in [5, 5.41) is 17.4. The van der Waals surface area contributed by atoms with Crippen LogP contribution in [0.3, 0.4) is 0 Å². The molecule has 0 saturated carbocycles. The number of allylic oxidation sites excluding steroid dienone is 8. The van der Waals surface area contributed by atoms with E-state index in [9.17, 15) is 22.9 Å². The van der Waals surface area contributed by atoms with Crippen LogP contribution in [0.5, 0.6) is 5.75 Å². The number of carbonyl (C=O) groups is 1. The molecular weight excluding hydrogens is 791 g/mol. The molecule has 5 aromatic rings. The number of nitrogens with one attached hydrogen (secondary N) is 1. The summed E-state index contributed by atoms with van der Waals surface area (Å²) in [5.41, 5.74) is 7.87. The lowest BCUT2D eigenvalue weighted by Gasteiger charge is -2.27. The zero-order chi connectivity index (χ0) is 43.9. The van der Waals surface area contributed by atoms with Gasteiger partial charge in [-0.15, -0.1) is 0 Å². The Bertz CT molecular complexity index is 2710. The molecule has 0 fully saturated rings. The molecule has 1 amide bonds. The normalized spacial score (nSPS) is 16.5. The number of unbranched alkanes of at least 4 members (excludes halogenated alkanes) is 3. The number of carbonyl (C=O) groups excluding carboxylic acids is 1. The van der Waals surface area contributed by atoms with Gasteiger partial charge in [0.2, 0.25) is 11.6 Å². The molecule has 0 bridgehead atoms. The van der Waals surface area contributed by atoms with Crippen LogP contribution in [0.25, 0.3) is 21.5 Å². The van der Waals surface area contributed by atoms with Gasteiger partial charge < -0.3 is 19.9 Å². The highest BCUT2D eigenvalue weighted by Gasteiger charge is 2.45. The quantitative estimate of drug-likeness (QED) is 0.0393. The molecule has 0 saturated heterocycles. The van der Waals surface area contributed by atoms with Gasteiger partial charge in [-0.2, -0.15) is 4.58 Å². The zero-order valence-electron chi connectivity index (χ0n) is 36.4. The first-order chi connectivity index (χ1) is 29.8. The van der Waals surface area contributed by atoms with Gasteiger partial charge in [0.15, 0.2) is 5.71 Å². The van der Waals surface area contributed by atoms with Gasteiger partial charge in [-0.25, -0.2) is 8.42 Å². The number of hydrogen-bond donors (Lipinski definition) is 2. The molecule has 0 unspecified atom stereocenters. The molecule has 9 heteroatoms. The van der Waals surface area contributed by atoms with E-state index in [4.69, 9.17) is 0 Å². The second-order valence-corrected chi connectivity index (χ2v) is 19.1. The molecule has 62 heavy (non-hydrogen) atoms. The van der Waals surface area contributed by atoms with Crippen LogP contribution in [-0.4, -0.2) is 59.7 Å². The van der Waals surface area contributed by atoms with Gasteiger partial charge >= 0.3 is 0 Å². The first-order valence-electron chi connectivity index (χ1n) is 21.9. The van der Waals surface area contributed by atoms with E-state index in [1.807, 2.05) is 24.3 Å². The van der Waals surface area contributed by atoms with Crippen LogP contribution >= 0.6 is 0 Å². The van der Waals surface area contributed by atoms with Crippen molar-refractivity contribution in [3.05, 3.63) is 162 Å². The van der Waals surface area contributed by atoms with E-state index in [0.29, 0.717) is 32.4 Å². The van der Waals surface area contributed by atoms with E-state index >= 15 is 0 Å². The predicted molar refractivity (Wildman–Crippen MR) is 254 cm³/mol. The number of phenolic OH excluding ortho intramolecular Hbond substituents is 1. The fourth-order valence-electron chi connectivity index (χ4n) is 9.42. The van der Waals surface area contributed by atoms with Crippen LogP contribution in [0.15, 0.2) is 145 Å². The van der Waals surface area contributed by atoms with Crippen molar-refractivity contribution < 1.29 is 27.4 Å². The van der Waals surface area contributed by atoms with Crippen molar-refractivity contribution in [2.75, 3.05) is 30.3 Å². The van der Waals surface area contributed by atoms with Crippen LogP contribution < -0.4 is 10.2 Å². The number of aromatic hydroxyl groups is 1. The maximum Gasteiger partial charge on any atom is 0.220 e. The summed E-state index contributed by atoms with van der Waals surface area (Å²) in [6.45, 7) is 11.2. The third kappa shape index (κ3) is 9.96. The molecule has 5 aromatic carbocycles. The lowest BCUT2D eigenvalue weighted by Crippen LogP contribution is -2.28. The molecule has 2 aliphatic rings. The Labute approximate surface area is 367 Å². The Morgan fingerprint density at radius 1 is 0.742 bits per heavy atom. The molecule has 322 valence electrons. The molecule has 7 rings (SSSR count). The molecule has 2 aliphatic heterocycles. The molecule has 2 heterocycles. The van der Waals surface area contributed by atoms with E-state index in [1.54, 1.807) is 12.1 Å². The largest absolute Gasteiger partial charge is 0.748 e. The molecular formula is C53H59N3O5S. The summed E-state index contributed by atoms with van der Waals surface area (Å²) in [6, 6.07) is 32.9. The third-order valence-corrected chi connectivity index (χ3v) is 13.2.